The summed E-state index contributed by atoms with van der Waals surface area (Å²) in [6.07, 6.45) is 1.81. The van der Waals surface area contributed by atoms with Gasteiger partial charge in [0.1, 0.15) is 5.82 Å². The van der Waals surface area contributed by atoms with Crippen LogP contribution in [-0.4, -0.2) is 42.2 Å². The predicted octanol–water partition coefficient (Wildman–Crippen LogP) is 3.98. The molecule has 0 unspecified atom stereocenters. The zero-order valence-electron chi connectivity index (χ0n) is 16.8. The van der Waals surface area contributed by atoms with Crippen molar-refractivity contribution in [3.63, 3.8) is 0 Å². The van der Waals surface area contributed by atoms with E-state index in [0.29, 0.717) is 17.8 Å². The third-order valence-electron chi connectivity index (χ3n) is 5.05. The summed E-state index contributed by atoms with van der Waals surface area (Å²) in [5, 5.41) is 2.96. The number of benzene rings is 1. The van der Waals surface area contributed by atoms with Crippen molar-refractivity contribution >= 4 is 27.7 Å². The lowest BCUT2D eigenvalue weighted by molar-refractivity contribution is 0.0950. The molecule has 0 aliphatic carbocycles. The molecule has 154 valence electrons. The van der Waals surface area contributed by atoms with Crippen molar-refractivity contribution in [2.24, 2.45) is 0 Å². The number of hydrogen-bond acceptors (Lipinski definition) is 5. The minimum atomic E-state index is -0.141. The van der Waals surface area contributed by atoms with Crippen molar-refractivity contribution in [2.75, 3.05) is 31.2 Å². The van der Waals surface area contributed by atoms with E-state index in [-0.39, 0.29) is 5.91 Å². The van der Waals surface area contributed by atoms with Gasteiger partial charge in [-0.1, -0.05) is 34.1 Å². The van der Waals surface area contributed by atoms with Crippen LogP contribution in [0.4, 0.5) is 5.82 Å². The predicted molar refractivity (Wildman–Crippen MR) is 121 cm³/mol. The summed E-state index contributed by atoms with van der Waals surface area (Å²) in [6.45, 7) is 5.44. The summed E-state index contributed by atoms with van der Waals surface area (Å²) in [4.78, 5) is 24.0. The van der Waals surface area contributed by atoms with Crippen molar-refractivity contribution in [1.29, 1.82) is 0 Å². The van der Waals surface area contributed by atoms with Gasteiger partial charge in [0.15, 0.2) is 0 Å². The monoisotopic (exact) mass is 466 g/mol. The van der Waals surface area contributed by atoms with Gasteiger partial charge in [0.2, 0.25) is 0 Å². The van der Waals surface area contributed by atoms with E-state index >= 15 is 0 Å². The number of hydrogen-bond donors (Lipinski definition) is 1. The number of nitrogens with one attached hydrogen (secondary N) is 1. The van der Waals surface area contributed by atoms with Crippen LogP contribution < -0.4 is 10.2 Å². The Kier molecular flexibility index (Phi) is 6.40. The summed E-state index contributed by atoms with van der Waals surface area (Å²) in [6, 6.07) is 15.6. The van der Waals surface area contributed by atoms with Gasteiger partial charge in [0.25, 0.3) is 5.91 Å². The second-order valence-corrected chi connectivity index (χ2v) is 8.06. The second kappa shape index (κ2) is 9.36. The van der Waals surface area contributed by atoms with E-state index in [4.69, 9.17) is 4.74 Å². The van der Waals surface area contributed by atoms with Gasteiger partial charge in [0.05, 0.1) is 30.2 Å². The van der Waals surface area contributed by atoms with Crippen molar-refractivity contribution in [3.05, 3.63) is 76.0 Å². The number of nitrogens with zero attached hydrogens (tertiary/aromatic N) is 3. The molecule has 0 bridgehead atoms. The number of rotatable bonds is 5. The Morgan fingerprint density at radius 3 is 2.70 bits per heavy atom. The molecule has 0 radical (unpaired) electrons. The molecule has 0 saturated carbocycles. The largest absolute Gasteiger partial charge is 0.378 e. The third-order valence-corrected chi connectivity index (χ3v) is 5.54. The highest BCUT2D eigenvalue weighted by Crippen LogP contribution is 2.22. The van der Waals surface area contributed by atoms with Crippen LogP contribution in [0.1, 0.15) is 21.6 Å². The minimum Gasteiger partial charge on any atom is -0.378 e. The summed E-state index contributed by atoms with van der Waals surface area (Å²) in [5.74, 6) is 0.801. The molecule has 0 atom stereocenters. The van der Waals surface area contributed by atoms with Crippen molar-refractivity contribution in [3.8, 4) is 11.3 Å². The minimum absolute atomic E-state index is 0.141. The summed E-state index contributed by atoms with van der Waals surface area (Å²) in [5.41, 5.74) is 4.08. The highest BCUT2D eigenvalue weighted by molar-refractivity contribution is 9.10. The van der Waals surface area contributed by atoms with Crippen LogP contribution in [0.5, 0.6) is 0 Å². The van der Waals surface area contributed by atoms with Crippen LogP contribution in [0.2, 0.25) is 0 Å². The van der Waals surface area contributed by atoms with Crippen molar-refractivity contribution in [1.82, 2.24) is 15.3 Å². The number of pyridine rings is 2. The Bertz CT molecular complexity index is 1030. The van der Waals surface area contributed by atoms with E-state index in [2.05, 4.69) is 36.1 Å². The van der Waals surface area contributed by atoms with Gasteiger partial charge in [-0.05, 0) is 42.8 Å². The normalized spacial score (nSPS) is 13.9. The first-order valence-corrected chi connectivity index (χ1v) is 10.7. The Labute approximate surface area is 184 Å². The average molecular weight is 467 g/mol. The molecular formula is C23H23BrN4O2. The van der Waals surface area contributed by atoms with Crippen LogP contribution in [0.15, 0.2) is 59.2 Å². The van der Waals surface area contributed by atoms with Gasteiger partial charge < -0.3 is 15.0 Å². The molecule has 7 heteroatoms. The zero-order chi connectivity index (χ0) is 20.9. The van der Waals surface area contributed by atoms with Crippen LogP contribution in [0.25, 0.3) is 11.3 Å². The van der Waals surface area contributed by atoms with Crippen molar-refractivity contribution < 1.29 is 9.53 Å². The molecule has 0 spiro atoms. The Hall–Kier alpha value is -2.77. The Balaban J connectivity index is 1.39. The molecule has 1 aliphatic rings. The first kappa shape index (κ1) is 20.5. The maximum atomic E-state index is 12.7. The number of carbonyl (C=O) groups excluding carboxylic acids is 1. The molecule has 30 heavy (non-hydrogen) atoms. The van der Waals surface area contributed by atoms with E-state index in [0.717, 1.165) is 53.4 Å². The molecule has 1 fully saturated rings. The lowest BCUT2D eigenvalue weighted by Gasteiger charge is -2.27. The SMILES string of the molecule is Cc1nc(-c2cccc(Br)c2)ccc1C(=O)NCc1ccc(N2CCOCC2)nc1. The third kappa shape index (κ3) is 4.86. The van der Waals surface area contributed by atoms with E-state index in [1.165, 1.54) is 0 Å². The smallest absolute Gasteiger partial charge is 0.253 e. The Morgan fingerprint density at radius 2 is 2.00 bits per heavy atom. The maximum Gasteiger partial charge on any atom is 0.253 e. The fourth-order valence-corrected chi connectivity index (χ4v) is 3.79. The lowest BCUT2D eigenvalue weighted by atomic mass is 10.1. The summed E-state index contributed by atoms with van der Waals surface area (Å²) < 4.78 is 6.37. The number of carbonyl (C=O) groups is 1. The van der Waals surface area contributed by atoms with Crippen LogP contribution in [-0.2, 0) is 11.3 Å². The lowest BCUT2D eigenvalue weighted by Crippen LogP contribution is -2.36. The first-order chi connectivity index (χ1) is 14.6. The highest BCUT2D eigenvalue weighted by atomic mass is 79.9. The number of aromatic nitrogens is 2. The molecule has 1 aliphatic heterocycles. The number of amides is 1. The van der Waals surface area contributed by atoms with Crippen molar-refractivity contribution in [2.45, 2.75) is 13.5 Å². The Morgan fingerprint density at radius 1 is 1.17 bits per heavy atom. The van der Waals surface area contributed by atoms with E-state index in [9.17, 15) is 4.79 Å². The first-order valence-electron chi connectivity index (χ1n) is 9.89. The van der Waals surface area contributed by atoms with Gasteiger partial charge >= 0.3 is 0 Å². The van der Waals surface area contributed by atoms with Gasteiger partial charge in [-0.25, -0.2) is 4.98 Å². The van der Waals surface area contributed by atoms with E-state index in [1.54, 1.807) is 0 Å². The molecule has 3 heterocycles. The fraction of sp³-hybridized carbons (Fsp3) is 0.261. The number of aryl methyl sites for hydroxylation is 1. The number of anilines is 1. The van der Waals surface area contributed by atoms with Crippen LogP contribution >= 0.6 is 15.9 Å². The quantitative estimate of drug-likeness (QED) is 0.615. The molecule has 2 aromatic heterocycles. The summed E-state index contributed by atoms with van der Waals surface area (Å²) >= 11 is 3.48. The van der Waals surface area contributed by atoms with Gasteiger partial charge in [0, 0.05) is 35.9 Å². The molecule has 4 rings (SSSR count). The second-order valence-electron chi connectivity index (χ2n) is 7.15. The van der Waals surface area contributed by atoms with Crippen LogP contribution in [0, 0.1) is 6.92 Å². The molecule has 1 N–H and O–H groups in total. The summed E-state index contributed by atoms with van der Waals surface area (Å²) in [7, 11) is 0. The zero-order valence-corrected chi connectivity index (χ0v) is 18.4. The molecule has 1 saturated heterocycles. The van der Waals surface area contributed by atoms with Crippen LogP contribution in [0.3, 0.4) is 0 Å². The van der Waals surface area contributed by atoms with Gasteiger partial charge in [-0.2, -0.15) is 0 Å². The molecular weight excluding hydrogens is 444 g/mol. The average Bonchev–Trinajstić information content (AvgIpc) is 2.78. The molecule has 1 aromatic carbocycles. The molecule has 1 amide bonds. The van der Waals surface area contributed by atoms with Gasteiger partial charge in [-0.3, -0.25) is 9.78 Å². The number of ether oxygens (including phenoxy) is 1. The number of morpholine rings is 1. The molecule has 3 aromatic rings. The standard InChI is InChI=1S/C23H23BrN4O2/c1-16-20(6-7-21(27-16)18-3-2-4-19(24)13-18)23(29)26-15-17-5-8-22(25-14-17)28-9-11-30-12-10-28/h2-8,13-14H,9-12,15H2,1H3,(H,26,29). The molecule has 6 nitrogen and oxygen atoms in total. The number of halogens is 1. The fourth-order valence-electron chi connectivity index (χ4n) is 3.39. The van der Waals surface area contributed by atoms with E-state index < -0.39 is 0 Å². The topological polar surface area (TPSA) is 67.4 Å². The highest BCUT2D eigenvalue weighted by Gasteiger charge is 2.13. The van der Waals surface area contributed by atoms with Gasteiger partial charge in [-0.15, -0.1) is 0 Å². The van der Waals surface area contributed by atoms with E-state index in [1.807, 2.05) is 61.7 Å². The maximum absolute atomic E-state index is 12.7.